The predicted molar refractivity (Wildman–Crippen MR) is 120 cm³/mol. The number of phenolic OH excluding ortho intramolecular Hbond substituents is 2. The van der Waals surface area contributed by atoms with Gasteiger partial charge in [0.25, 0.3) is 0 Å². The second-order valence-corrected chi connectivity index (χ2v) is 8.69. The molecule has 12 heteroatoms. The highest BCUT2D eigenvalue weighted by molar-refractivity contribution is 5.87. The third kappa shape index (κ3) is 5.39. The van der Waals surface area contributed by atoms with Gasteiger partial charge < -0.3 is 54.7 Å². The lowest BCUT2D eigenvalue weighted by Gasteiger charge is -2.42. The molecule has 2 heterocycles. The number of hydrogen-bond donors (Lipinski definition) is 7. The predicted octanol–water partition coefficient (Wildman–Crippen LogP) is -1.13. The Morgan fingerprint density at radius 3 is 2.53 bits per heavy atom. The molecule has 0 aromatic heterocycles. The first-order valence-electron chi connectivity index (χ1n) is 11.2. The van der Waals surface area contributed by atoms with Gasteiger partial charge in [-0.15, -0.1) is 0 Å². The summed E-state index contributed by atoms with van der Waals surface area (Å²) in [6.45, 7) is -0.840. The zero-order valence-corrected chi connectivity index (χ0v) is 18.9. The first-order valence-corrected chi connectivity index (χ1v) is 11.2. The molecular weight excluding hydrogens is 480 g/mol. The minimum absolute atomic E-state index is 0.214. The molecule has 9 atom stereocenters. The number of hydrogen-bond acceptors (Lipinski definition) is 12. The fourth-order valence-corrected chi connectivity index (χ4v) is 4.37. The molecule has 2 aliphatic heterocycles. The minimum Gasteiger partial charge on any atom is -0.504 e. The summed E-state index contributed by atoms with van der Waals surface area (Å²) in [5, 5.41) is 69.0. The van der Waals surface area contributed by atoms with Gasteiger partial charge in [-0.2, -0.15) is 0 Å². The molecule has 7 N–H and O–H groups in total. The third-order valence-corrected chi connectivity index (χ3v) is 6.34. The summed E-state index contributed by atoms with van der Waals surface area (Å²) in [6, 6.07) is 4.04. The van der Waals surface area contributed by atoms with Gasteiger partial charge in [0, 0.05) is 12.0 Å². The van der Waals surface area contributed by atoms with Crippen LogP contribution in [-0.2, 0) is 23.7 Å². The zero-order chi connectivity index (χ0) is 26.0. The molecule has 0 amide bonds. The Labute approximate surface area is 205 Å². The molecule has 36 heavy (non-hydrogen) atoms. The summed E-state index contributed by atoms with van der Waals surface area (Å²) in [4.78, 5) is 12.2. The van der Waals surface area contributed by atoms with E-state index in [2.05, 4.69) is 0 Å². The Morgan fingerprint density at radius 2 is 1.81 bits per heavy atom. The Morgan fingerprint density at radius 1 is 1.03 bits per heavy atom. The number of esters is 1. The summed E-state index contributed by atoms with van der Waals surface area (Å²) < 4.78 is 21.9. The van der Waals surface area contributed by atoms with Crippen LogP contribution in [0.2, 0.25) is 0 Å². The molecule has 1 fully saturated rings. The summed E-state index contributed by atoms with van der Waals surface area (Å²) in [5.74, 6) is -2.46. The number of benzene rings is 1. The smallest absolute Gasteiger partial charge is 0.331 e. The summed E-state index contributed by atoms with van der Waals surface area (Å²) in [7, 11) is 0. The van der Waals surface area contributed by atoms with Gasteiger partial charge in [-0.05, 0) is 35.4 Å². The molecule has 0 saturated carbocycles. The normalized spacial score (nSPS) is 35.8. The van der Waals surface area contributed by atoms with Crippen molar-refractivity contribution in [1.29, 1.82) is 0 Å². The highest BCUT2D eigenvalue weighted by Gasteiger charge is 2.49. The fraction of sp³-hybridized carbons (Fsp3) is 0.458. The summed E-state index contributed by atoms with van der Waals surface area (Å²) in [6.07, 6.45) is -2.53. The van der Waals surface area contributed by atoms with Crippen molar-refractivity contribution in [2.75, 3.05) is 13.2 Å². The second kappa shape index (κ2) is 11.0. The van der Waals surface area contributed by atoms with Crippen molar-refractivity contribution in [1.82, 2.24) is 0 Å². The zero-order valence-electron chi connectivity index (χ0n) is 18.9. The maximum Gasteiger partial charge on any atom is 0.331 e. The maximum absolute atomic E-state index is 12.2. The largest absolute Gasteiger partial charge is 0.504 e. The van der Waals surface area contributed by atoms with Gasteiger partial charge in [-0.1, -0.05) is 12.1 Å². The van der Waals surface area contributed by atoms with Crippen LogP contribution in [0.4, 0.5) is 0 Å². The molecule has 1 saturated heterocycles. The van der Waals surface area contributed by atoms with Crippen LogP contribution in [0, 0.1) is 11.8 Å². The van der Waals surface area contributed by atoms with Crippen LogP contribution in [0.15, 0.2) is 48.3 Å². The quantitative estimate of drug-likeness (QED) is 0.102. The third-order valence-electron chi connectivity index (χ3n) is 6.34. The number of carbonyl (C=O) groups is 1. The molecule has 12 nitrogen and oxygen atoms in total. The SMILES string of the molecule is O=C(C=Cc1ccc(O)c(O)c1)OCC1=CC(O)C2C=COC(OC3OC(CO)C(O)C(O)C3O)C12. The Bertz CT molecular complexity index is 1030. The molecule has 4 rings (SSSR count). The molecule has 1 aliphatic carbocycles. The van der Waals surface area contributed by atoms with Crippen molar-refractivity contribution >= 4 is 12.0 Å². The van der Waals surface area contributed by atoms with Crippen LogP contribution < -0.4 is 0 Å². The fourth-order valence-electron chi connectivity index (χ4n) is 4.37. The van der Waals surface area contributed by atoms with E-state index in [-0.39, 0.29) is 18.1 Å². The number of ether oxygens (including phenoxy) is 4. The highest BCUT2D eigenvalue weighted by atomic mass is 16.8. The van der Waals surface area contributed by atoms with Gasteiger partial charge >= 0.3 is 5.97 Å². The average Bonchev–Trinajstić information content (AvgIpc) is 3.20. The summed E-state index contributed by atoms with van der Waals surface area (Å²) in [5.41, 5.74) is 0.937. The van der Waals surface area contributed by atoms with Crippen molar-refractivity contribution in [2.24, 2.45) is 11.8 Å². The molecule has 0 radical (unpaired) electrons. The van der Waals surface area contributed by atoms with Crippen molar-refractivity contribution in [3.8, 4) is 11.5 Å². The van der Waals surface area contributed by atoms with Crippen LogP contribution in [0.1, 0.15) is 5.56 Å². The molecule has 1 aromatic carbocycles. The van der Waals surface area contributed by atoms with Crippen LogP contribution >= 0.6 is 0 Å². The molecule has 0 spiro atoms. The van der Waals surface area contributed by atoms with E-state index in [1.165, 1.54) is 36.6 Å². The van der Waals surface area contributed by atoms with Crippen molar-refractivity contribution < 1.29 is 59.5 Å². The van der Waals surface area contributed by atoms with Crippen LogP contribution in [0.3, 0.4) is 0 Å². The number of rotatable bonds is 7. The van der Waals surface area contributed by atoms with E-state index in [9.17, 15) is 40.5 Å². The number of aromatic hydroxyl groups is 2. The lowest BCUT2D eigenvalue weighted by atomic mass is 9.88. The van der Waals surface area contributed by atoms with E-state index in [4.69, 9.17) is 18.9 Å². The van der Waals surface area contributed by atoms with Gasteiger partial charge in [-0.25, -0.2) is 4.79 Å². The second-order valence-electron chi connectivity index (χ2n) is 8.69. The van der Waals surface area contributed by atoms with E-state index in [0.29, 0.717) is 11.1 Å². The number of aliphatic hydroxyl groups excluding tert-OH is 5. The lowest BCUT2D eigenvalue weighted by Crippen LogP contribution is -2.60. The highest BCUT2D eigenvalue weighted by Crippen LogP contribution is 2.41. The van der Waals surface area contributed by atoms with Gasteiger partial charge in [0.15, 0.2) is 17.8 Å². The van der Waals surface area contributed by atoms with Crippen LogP contribution in [-0.4, -0.2) is 98.0 Å². The van der Waals surface area contributed by atoms with Crippen LogP contribution in [0.25, 0.3) is 6.08 Å². The molecule has 196 valence electrons. The molecule has 3 aliphatic rings. The van der Waals surface area contributed by atoms with Crippen molar-refractivity contribution in [3.05, 3.63) is 53.8 Å². The Balaban J connectivity index is 1.41. The van der Waals surface area contributed by atoms with Crippen molar-refractivity contribution in [3.63, 3.8) is 0 Å². The first kappa shape index (κ1) is 26.1. The van der Waals surface area contributed by atoms with E-state index >= 15 is 0 Å². The van der Waals surface area contributed by atoms with Gasteiger partial charge in [0.05, 0.1) is 24.9 Å². The lowest BCUT2D eigenvalue weighted by molar-refractivity contribution is -0.339. The Hall–Kier alpha value is -2.97. The maximum atomic E-state index is 12.2. The van der Waals surface area contributed by atoms with E-state index in [0.717, 1.165) is 6.08 Å². The minimum atomic E-state index is -1.64. The van der Waals surface area contributed by atoms with Gasteiger partial charge in [-0.3, -0.25) is 0 Å². The molecule has 9 unspecified atom stereocenters. The number of aliphatic hydroxyl groups is 5. The van der Waals surface area contributed by atoms with Crippen LogP contribution in [0.5, 0.6) is 11.5 Å². The average molecular weight is 508 g/mol. The standard InChI is InChI=1S/C24H28O12/c25-9-17-20(30)21(31)22(32)24(35-17)36-23-19-12(8-15(27)13(19)5-6-33-23)10-34-18(29)4-2-11-1-3-14(26)16(28)7-11/h1-8,13,15,17,19-28,30-32H,9-10H2. The van der Waals surface area contributed by atoms with Gasteiger partial charge in [0.2, 0.25) is 6.29 Å². The molecule has 1 aromatic rings. The monoisotopic (exact) mass is 508 g/mol. The van der Waals surface area contributed by atoms with Crippen molar-refractivity contribution in [2.45, 2.75) is 43.1 Å². The van der Waals surface area contributed by atoms with E-state index < -0.39 is 67.5 Å². The van der Waals surface area contributed by atoms with Gasteiger partial charge in [0.1, 0.15) is 31.0 Å². The molecular formula is C24H28O12. The number of phenols is 2. The first-order chi connectivity index (χ1) is 17.2. The number of carbonyl (C=O) groups excluding carboxylic acids is 1. The summed E-state index contributed by atoms with van der Waals surface area (Å²) >= 11 is 0. The van der Waals surface area contributed by atoms with E-state index in [1.807, 2.05) is 0 Å². The topological polar surface area (TPSA) is 196 Å². The number of fused-ring (bicyclic) bond motifs is 1. The van der Waals surface area contributed by atoms with E-state index in [1.54, 1.807) is 6.08 Å². The Kier molecular flexibility index (Phi) is 7.95. The molecule has 0 bridgehead atoms.